The largest absolute Gasteiger partial charge is 0.466 e. The van der Waals surface area contributed by atoms with Crippen molar-refractivity contribution >= 4 is 28.6 Å². The van der Waals surface area contributed by atoms with Crippen LogP contribution in [0.15, 0.2) is 54.9 Å². The fraction of sp³-hybridized carbons (Fsp3) is 0.346. The van der Waals surface area contributed by atoms with E-state index in [1.54, 1.807) is 12.3 Å². The number of carbonyl (C=O) groups is 1. The molecule has 2 aromatic heterocycles. The third-order valence-electron chi connectivity index (χ3n) is 5.84. The number of nitrogens with one attached hydrogen (secondary N) is 1. The summed E-state index contributed by atoms with van der Waals surface area (Å²) in [7, 11) is 1.37. The zero-order valence-corrected chi connectivity index (χ0v) is 18.6. The number of methoxy groups -OCH3 is 1. The fourth-order valence-electron chi connectivity index (χ4n) is 4.07. The monoisotopic (exact) mass is 430 g/mol. The minimum atomic E-state index is -0.366. The average molecular weight is 431 g/mol. The molecule has 1 aliphatic rings. The number of piperidine rings is 1. The van der Waals surface area contributed by atoms with E-state index in [0.29, 0.717) is 0 Å². The summed E-state index contributed by atoms with van der Waals surface area (Å²) in [5.74, 6) is -0.366. The summed E-state index contributed by atoms with van der Waals surface area (Å²) in [6.07, 6.45) is 12.0. The molecule has 6 nitrogen and oxygen atoms in total. The first-order chi connectivity index (χ1) is 15.7. The van der Waals surface area contributed by atoms with Crippen LogP contribution in [0.25, 0.3) is 28.2 Å². The third-order valence-corrected chi connectivity index (χ3v) is 5.84. The Morgan fingerprint density at radius 3 is 2.75 bits per heavy atom. The van der Waals surface area contributed by atoms with Crippen molar-refractivity contribution in [1.29, 1.82) is 0 Å². The number of hydrogen-bond donors (Lipinski definition) is 1. The van der Waals surface area contributed by atoms with Crippen molar-refractivity contribution in [2.24, 2.45) is 0 Å². The Balaban J connectivity index is 1.48. The molecular weight excluding hydrogens is 400 g/mol. The standard InChI is InChI=1S/C26H30N4O2/c1-32-26(31)11-8-20-6-9-21(10-7-20)24-18-25(22-19-27-14-12-23(22)29-24)28-13-5-17-30-15-3-2-4-16-30/h6-12,14,18-19H,2-5,13,15-17H2,1H3,(H,28,29). The van der Waals surface area contributed by atoms with Crippen LogP contribution in [0.4, 0.5) is 5.69 Å². The maximum Gasteiger partial charge on any atom is 0.330 e. The van der Waals surface area contributed by atoms with E-state index in [1.165, 1.54) is 45.5 Å². The topological polar surface area (TPSA) is 67.3 Å². The van der Waals surface area contributed by atoms with Crippen LogP contribution in [0.2, 0.25) is 0 Å². The smallest absolute Gasteiger partial charge is 0.330 e. The Morgan fingerprint density at radius 1 is 1.16 bits per heavy atom. The third kappa shape index (κ3) is 5.71. The molecule has 0 spiro atoms. The molecule has 1 aliphatic heterocycles. The van der Waals surface area contributed by atoms with E-state index in [0.717, 1.165) is 52.9 Å². The van der Waals surface area contributed by atoms with Gasteiger partial charge in [0.1, 0.15) is 0 Å². The van der Waals surface area contributed by atoms with Crippen LogP contribution < -0.4 is 5.32 Å². The zero-order valence-electron chi connectivity index (χ0n) is 18.6. The van der Waals surface area contributed by atoms with Crippen molar-refractivity contribution in [3.63, 3.8) is 0 Å². The number of likely N-dealkylation sites (tertiary alicyclic amines) is 1. The van der Waals surface area contributed by atoms with Crippen LogP contribution >= 0.6 is 0 Å². The molecule has 0 saturated carbocycles. The molecular formula is C26H30N4O2. The zero-order chi connectivity index (χ0) is 22.2. The second kappa shape index (κ2) is 10.9. The highest BCUT2D eigenvalue weighted by atomic mass is 16.5. The van der Waals surface area contributed by atoms with Crippen molar-refractivity contribution in [3.8, 4) is 11.3 Å². The molecule has 166 valence electrons. The normalized spacial score (nSPS) is 14.7. The second-order valence-corrected chi connectivity index (χ2v) is 8.11. The maximum absolute atomic E-state index is 11.3. The number of fused-ring (bicyclic) bond motifs is 1. The molecule has 3 aromatic rings. The van der Waals surface area contributed by atoms with Gasteiger partial charge < -0.3 is 15.0 Å². The number of hydrogen-bond acceptors (Lipinski definition) is 6. The summed E-state index contributed by atoms with van der Waals surface area (Å²) >= 11 is 0. The van der Waals surface area contributed by atoms with E-state index in [2.05, 4.69) is 26.0 Å². The quantitative estimate of drug-likeness (QED) is 0.315. The number of benzene rings is 1. The number of anilines is 1. The number of nitrogens with zero attached hydrogens (tertiary/aromatic N) is 3. The lowest BCUT2D eigenvalue weighted by atomic mass is 10.1. The Labute approximate surface area is 189 Å². The summed E-state index contributed by atoms with van der Waals surface area (Å²) in [6, 6.07) is 12.0. The maximum atomic E-state index is 11.3. The lowest BCUT2D eigenvalue weighted by molar-refractivity contribution is -0.134. The van der Waals surface area contributed by atoms with Gasteiger partial charge in [-0.25, -0.2) is 9.78 Å². The SMILES string of the molecule is COC(=O)C=Cc1ccc(-c2cc(NCCCN3CCCCC3)c3cnccc3n2)cc1. The number of carbonyl (C=O) groups excluding carboxylic acids is 1. The van der Waals surface area contributed by atoms with Gasteiger partial charge in [0.25, 0.3) is 0 Å². The van der Waals surface area contributed by atoms with E-state index in [9.17, 15) is 4.79 Å². The van der Waals surface area contributed by atoms with E-state index >= 15 is 0 Å². The Morgan fingerprint density at radius 2 is 1.97 bits per heavy atom. The molecule has 1 saturated heterocycles. The number of aromatic nitrogens is 2. The molecule has 0 unspecified atom stereocenters. The van der Waals surface area contributed by atoms with Gasteiger partial charge in [0.05, 0.1) is 18.3 Å². The predicted molar refractivity (Wildman–Crippen MR) is 129 cm³/mol. The first kappa shape index (κ1) is 22.0. The van der Waals surface area contributed by atoms with E-state index in [-0.39, 0.29) is 5.97 Å². The molecule has 1 N–H and O–H groups in total. The van der Waals surface area contributed by atoms with Crippen molar-refractivity contribution < 1.29 is 9.53 Å². The van der Waals surface area contributed by atoms with E-state index in [4.69, 9.17) is 4.98 Å². The predicted octanol–water partition coefficient (Wildman–Crippen LogP) is 4.77. The van der Waals surface area contributed by atoms with Crippen LogP contribution in [0.1, 0.15) is 31.2 Å². The van der Waals surface area contributed by atoms with Gasteiger partial charge in [-0.15, -0.1) is 0 Å². The molecule has 0 aliphatic carbocycles. The summed E-state index contributed by atoms with van der Waals surface area (Å²) < 4.78 is 4.64. The minimum absolute atomic E-state index is 0.366. The molecule has 4 rings (SSSR count). The number of ether oxygens (including phenoxy) is 1. The van der Waals surface area contributed by atoms with Crippen LogP contribution in [-0.4, -0.2) is 54.1 Å². The minimum Gasteiger partial charge on any atom is -0.466 e. The van der Waals surface area contributed by atoms with Gasteiger partial charge in [0.2, 0.25) is 0 Å². The van der Waals surface area contributed by atoms with E-state index in [1.807, 2.05) is 36.5 Å². The van der Waals surface area contributed by atoms with E-state index < -0.39 is 0 Å². The first-order valence-electron chi connectivity index (χ1n) is 11.3. The number of rotatable bonds is 8. The van der Waals surface area contributed by atoms with Gasteiger partial charge in [-0.1, -0.05) is 30.7 Å². The van der Waals surface area contributed by atoms with Gasteiger partial charge in [0, 0.05) is 41.7 Å². The molecule has 0 bridgehead atoms. The Hall–Kier alpha value is -3.25. The molecule has 1 fully saturated rings. The molecule has 32 heavy (non-hydrogen) atoms. The van der Waals surface area contributed by atoms with Crippen LogP contribution in [0.5, 0.6) is 0 Å². The molecule has 6 heteroatoms. The van der Waals surface area contributed by atoms with Gasteiger partial charge in [0.15, 0.2) is 0 Å². The molecule has 1 aromatic carbocycles. The summed E-state index contributed by atoms with van der Waals surface area (Å²) in [6.45, 7) is 4.52. The summed E-state index contributed by atoms with van der Waals surface area (Å²) in [5.41, 5.74) is 4.85. The molecule has 3 heterocycles. The highest BCUT2D eigenvalue weighted by Gasteiger charge is 2.10. The Bertz CT molecular complexity index is 1070. The number of pyridine rings is 2. The van der Waals surface area contributed by atoms with Gasteiger partial charge in [-0.3, -0.25) is 4.98 Å². The van der Waals surface area contributed by atoms with Crippen LogP contribution in [0.3, 0.4) is 0 Å². The molecule has 0 amide bonds. The highest BCUT2D eigenvalue weighted by molar-refractivity contribution is 5.93. The second-order valence-electron chi connectivity index (χ2n) is 8.11. The first-order valence-corrected chi connectivity index (χ1v) is 11.3. The lowest BCUT2D eigenvalue weighted by Gasteiger charge is -2.26. The van der Waals surface area contributed by atoms with Crippen LogP contribution in [0, 0.1) is 0 Å². The highest BCUT2D eigenvalue weighted by Crippen LogP contribution is 2.28. The average Bonchev–Trinajstić information content (AvgIpc) is 2.86. The molecule has 0 atom stereocenters. The van der Waals surface area contributed by atoms with Crippen molar-refractivity contribution in [2.45, 2.75) is 25.7 Å². The van der Waals surface area contributed by atoms with Gasteiger partial charge in [-0.2, -0.15) is 0 Å². The fourth-order valence-corrected chi connectivity index (χ4v) is 4.07. The molecule has 0 radical (unpaired) electrons. The summed E-state index contributed by atoms with van der Waals surface area (Å²) in [4.78, 5) is 23.0. The lowest BCUT2D eigenvalue weighted by Crippen LogP contribution is -2.31. The summed E-state index contributed by atoms with van der Waals surface area (Å²) in [5, 5.41) is 4.65. The Kier molecular flexibility index (Phi) is 7.46. The van der Waals surface area contributed by atoms with Crippen molar-refractivity contribution in [3.05, 3.63) is 60.4 Å². The van der Waals surface area contributed by atoms with Crippen LogP contribution in [-0.2, 0) is 9.53 Å². The number of esters is 1. The van der Waals surface area contributed by atoms with Gasteiger partial charge >= 0.3 is 5.97 Å². The van der Waals surface area contributed by atoms with Crippen molar-refractivity contribution in [2.75, 3.05) is 38.6 Å². The van der Waals surface area contributed by atoms with Crippen molar-refractivity contribution in [1.82, 2.24) is 14.9 Å². The van der Waals surface area contributed by atoms with Gasteiger partial charge in [-0.05, 0) is 62.7 Å².